The van der Waals surface area contributed by atoms with Crippen LogP contribution in [-0.4, -0.2) is 4.98 Å². The summed E-state index contributed by atoms with van der Waals surface area (Å²) in [6.45, 7) is 3.79. The molecule has 1 heterocycles. The van der Waals surface area contributed by atoms with Crippen molar-refractivity contribution in [2.45, 2.75) is 26.2 Å². The number of hydrogen-bond acceptors (Lipinski definition) is 2. The second-order valence-electron chi connectivity index (χ2n) is 3.17. The number of alkyl halides is 2. The number of nitrogens with zero attached hydrogens (tertiary/aromatic N) is 1. The standard InChI is InChI=1S/C9H12F2N2/c1-5(2)7-4-3-6(12)8(13-7)9(10)11/h3-5,9H,12H2,1-2H3. The van der Waals surface area contributed by atoms with E-state index >= 15 is 0 Å². The van der Waals surface area contributed by atoms with E-state index in [-0.39, 0.29) is 17.3 Å². The lowest BCUT2D eigenvalue weighted by molar-refractivity contribution is 0.146. The summed E-state index contributed by atoms with van der Waals surface area (Å²) < 4.78 is 24.7. The topological polar surface area (TPSA) is 38.9 Å². The molecule has 0 aromatic carbocycles. The number of rotatable bonds is 2. The summed E-state index contributed by atoms with van der Waals surface area (Å²) in [7, 11) is 0. The van der Waals surface area contributed by atoms with Gasteiger partial charge in [-0.3, -0.25) is 0 Å². The van der Waals surface area contributed by atoms with Crippen LogP contribution in [0.15, 0.2) is 12.1 Å². The fraction of sp³-hybridized carbons (Fsp3) is 0.444. The van der Waals surface area contributed by atoms with Crippen LogP contribution in [0.2, 0.25) is 0 Å². The maximum atomic E-state index is 12.3. The summed E-state index contributed by atoms with van der Waals surface area (Å²) in [6, 6.07) is 3.15. The van der Waals surface area contributed by atoms with Gasteiger partial charge in [0.05, 0.1) is 5.69 Å². The molecule has 0 aliphatic heterocycles. The number of aromatic nitrogens is 1. The maximum Gasteiger partial charge on any atom is 0.282 e. The molecule has 0 amide bonds. The molecule has 2 nitrogen and oxygen atoms in total. The number of nitrogens with two attached hydrogens (primary N) is 1. The third-order valence-electron chi connectivity index (χ3n) is 1.78. The Morgan fingerprint density at radius 3 is 2.38 bits per heavy atom. The number of anilines is 1. The molecule has 0 saturated carbocycles. The minimum Gasteiger partial charge on any atom is -0.397 e. The predicted octanol–water partition coefficient (Wildman–Crippen LogP) is 2.72. The predicted molar refractivity (Wildman–Crippen MR) is 47.7 cm³/mol. The molecule has 13 heavy (non-hydrogen) atoms. The molecule has 0 unspecified atom stereocenters. The van der Waals surface area contributed by atoms with Crippen LogP contribution in [0.1, 0.15) is 37.6 Å². The molecular formula is C9H12F2N2. The van der Waals surface area contributed by atoms with Gasteiger partial charge in [-0.1, -0.05) is 13.8 Å². The number of hydrogen-bond donors (Lipinski definition) is 1. The molecule has 0 spiro atoms. The van der Waals surface area contributed by atoms with Crippen LogP contribution in [0.3, 0.4) is 0 Å². The van der Waals surface area contributed by atoms with Gasteiger partial charge in [-0.15, -0.1) is 0 Å². The first-order valence-corrected chi connectivity index (χ1v) is 4.07. The summed E-state index contributed by atoms with van der Waals surface area (Å²) in [6.07, 6.45) is -2.60. The molecule has 72 valence electrons. The molecular weight excluding hydrogens is 174 g/mol. The highest BCUT2D eigenvalue weighted by atomic mass is 19.3. The van der Waals surface area contributed by atoms with Gasteiger partial charge in [-0.05, 0) is 18.1 Å². The van der Waals surface area contributed by atoms with E-state index in [2.05, 4.69) is 4.98 Å². The fourth-order valence-electron chi connectivity index (χ4n) is 0.998. The van der Waals surface area contributed by atoms with Gasteiger partial charge in [0.25, 0.3) is 6.43 Å². The average Bonchev–Trinajstić information content (AvgIpc) is 2.04. The second-order valence-corrected chi connectivity index (χ2v) is 3.17. The Hall–Kier alpha value is -1.19. The molecule has 0 radical (unpaired) electrons. The number of halogens is 2. The van der Waals surface area contributed by atoms with E-state index in [1.54, 1.807) is 6.07 Å². The van der Waals surface area contributed by atoms with E-state index in [0.717, 1.165) is 0 Å². The van der Waals surface area contributed by atoms with E-state index in [1.807, 2.05) is 13.8 Å². The van der Waals surface area contributed by atoms with Crippen LogP contribution in [0.5, 0.6) is 0 Å². The van der Waals surface area contributed by atoms with Crippen molar-refractivity contribution in [1.82, 2.24) is 4.98 Å². The van der Waals surface area contributed by atoms with Crippen molar-refractivity contribution in [2.75, 3.05) is 5.73 Å². The van der Waals surface area contributed by atoms with Crippen molar-refractivity contribution in [1.29, 1.82) is 0 Å². The lowest BCUT2D eigenvalue weighted by Gasteiger charge is -2.08. The number of pyridine rings is 1. The minimum atomic E-state index is -2.60. The highest BCUT2D eigenvalue weighted by molar-refractivity contribution is 5.44. The Kier molecular flexibility index (Phi) is 2.80. The van der Waals surface area contributed by atoms with Crippen LogP contribution in [0.4, 0.5) is 14.5 Å². The van der Waals surface area contributed by atoms with Gasteiger partial charge < -0.3 is 5.73 Å². The minimum absolute atomic E-state index is 0.0550. The van der Waals surface area contributed by atoms with E-state index < -0.39 is 6.43 Å². The molecule has 0 atom stereocenters. The molecule has 2 N–H and O–H groups in total. The van der Waals surface area contributed by atoms with Crippen molar-refractivity contribution < 1.29 is 8.78 Å². The van der Waals surface area contributed by atoms with Crippen LogP contribution in [0.25, 0.3) is 0 Å². The Labute approximate surface area is 75.8 Å². The fourth-order valence-corrected chi connectivity index (χ4v) is 0.998. The Morgan fingerprint density at radius 2 is 1.92 bits per heavy atom. The van der Waals surface area contributed by atoms with Crippen molar-refractivity contribution in [3.05, 3.63) is 23.5 Å². The van der Waals surface area contributed by atoms with Crippen molar-refractivity contribution in [3.8, 4) is 0 Å². The van der Waals surface area contributed by atoms with Gasteiger partial charge >= 0.3 is 0 Å². The largest absolute Gasteiger partial charge is 0.397 e. The Bertz CT molecular complexity index is 298. The van der Waals surface area contributed by atoms with Gasteiger partial charge in [0.2, 0.25) is 0 Å². The first kappa shape index (κ1) is 9.89. The first-order chi connectivity index (χ1) is 6.02. The van der Waals surface area contributed by atoms with Crippen LogP contribution >= 0.6 is 0 Å². The molecule has 1 aromatic heterocycles. The SMILES string of the molecule is CC(C)c1ccc(N)c(C(F)F)n1. The third-order valence-corrected chi connectivity index (χ3v) is 1.78. The molecule has 1 aromatic rings. The molecule has 4 heteroatoms. The molecule has 0 fully saturated rings. The molecule has 1 rings (SSSR count). The monoisotopic (exact) mass is 186 g/mol. The summed E-state index contributed by atoms with van der Waals surface area (Å²) in [4.78, 5) is 3.80. The Balaban J connectivity index is 3.11. The van der Waals surface area contributed by atoms with E-state index in [9.17, 15) is 8.78 Å². The quantitative estimate of drug-likeness (QED) is 0.771. The van der Waals surface area contributed by atoms with Crippen molar-refractivity contribution in [2.24, 2.45) is 0 Å². The average molecular weight is 186 g/mol. The number of nitrogen functional groups attached to an aromatic ring is 1. The highest BCUT2D eigenvalue weighted by Crippen LogP contribution is 2.24. The highest BCUT2D eigenvalue weighted by Gasteiger charge is 2.14. The van der Waals surface area contributed by atoms with Gasteiger partial charge in [-0.2, -0.15) is 0 Å². The maximum absolute atomic E-state index is 12.3. The van der Waals surface area contributed by atoms with Crippen molar-refractivity contribution in [3.63, 3.8) is 0 Å². The summed E-state index contributed by atoms with van der Waals surface area (Å²) in [5.41, 5.74) is 5.73. The van der Waals surface area contributed by atoms with Crippen LogP contribution in [-0.2, 0) is 0 Å². The van der Waals surface area contributed by atoms with Gasteiger partial charge in [0.1, 0.15) is 5.69 Å². The zero-order valence-electron chi connectivity index (χ0n) is 7.59. The van der Waals surface area contributed by atoms with Crippen molar-refractivity contribution >= 4 is 5.69 Å². The lowest BCUT2D eigenvalue weighted by Crippen LogP contribution is -2.02. The third kappa shape index (κ3) is 2.14. The second kappa shape index (κ2) is 3.68. The lowest BCUT2D eigenvalue weighted by atomic mass is 10.1. The van der Waals surface area contributed by atoms with Crippen LogP contribution in [0, 0.1) is 0 Å². The first-order valence-electron chi connectivity index (χ1n) is 4.07. The van der Waals surface area contributed by atoms with E-state index in [0.29, 0.717) is 5.69 Å². The van der Waals surface area contributed by atoms with Crippen LogP contribution < -0.4 is 5.73 Å². The molecule has 0 saturated heterocycles. The molecule has 0 aliphatic rings. The molecule has 0 aliphatic carbocycles. The van der Waals surface area contributed by atoms with Gasteiger partial charge in [0, 0.05) is 5.69 Å². The summed E-state index contributed by atoms with van der Waals surface area (Å²) in [5, 5.41) is 0. The normalized spacial score (nSPS) is 11.2. The smallest absolute Gasteiger partial charge is 0.282 e. The summed E-state index contributed by atoms with van der Waals surface area (Å²) >= 11 is 0. The Morgan fingerprint density at radius 1 is 1.31 bits per heavy atom. The summed E-state index contributed by atoms with van der Waals surface area (Å²) in [5.74, 6) is 0.137. The zero-order valence-corrected chi connectivity index (χ0v) is 7.59. The molecule has 0 bridgehead atoms. The van der Waals surface area contributed by atoms with Gasteiger partial charge in [-0.25, -0.2) is 13.8 Å². The zero-order chi connectivity index (χ0) is 10.0. The van der Waals surface area contributed by atoms with E-state index in [4.69, 9.17) is 5.73 Å². The van der Waals surface area contributed by atoms with Gasteiger partial charge in [0.15, 0.2) is 0 Å². The van der Waals surface area contributed by atoms with E-state index in [1.165, 1.54) is 6.07 Å².